The maximum atomic E-state index is 10.2. The van der Waals surface area contributed by atoms with Gasteiger partial charge in [0.15, 0.2) is 0 Å². The molecular formula is C9H8N2O2. The van der Waals surface area contributed by atoms with Gasteiger partial charge >= 0.3 is 0 Å². The summed E-state index contributed by atoms with van der Waals surface area (Å²) in [5.41, 5.74) is 1.67. The molecule has 0 saturated heterocycles. The Bertz CT molecular complexity index is 448. The third kappa shape index (κ3) is 1.51. The largest absolute Gasteiger partial charge is 0.361 e. The molecule has 1 heterocycles. The molecule has 0 amide bonds. The lowest BCUT2D eigenvalue weighted by Gasteiger charge is -1.94. The van der Waals surface area contributed by atoms with E-state index in [1.54, 1.807) is 12.1 Å². The number of rotatable bonds is 2. The second-order valence-electron chi connectivity index (χ2n) is 2.89. The molecule has 0 radical (unpaired) electrons. The molecule has 0 saturated carbocycles. The maximum absolute atomic E-state index is 10.2. The van der Waals surface area contributed by atoms with Gasteiger partial charge in [-0.2, -0.15) is 0 Å². The number of benzene rings is 1. The highest BCUT2D eigenvalue weighted by molar-refractivity contribution is 5.79. The van der Waals surface area contributed by atoms with Crippen LogP contribution in [-0.2, 0) is 6.54 Å². The Balaban J connectivity index is 2.42. The molecule has 1 aromatic carbocycles. The second-order valence-corrected chi connectivity index (χ2v) is 2.89. The third-order valence-corrected chi connectivity index (χ3v) is 1.93. The SMILES string of the molecule is O=[N+]([O-])Cc1ccc2cc[nH]c2c1. The molecule has 66 valence electrons. The lowest BCUT2D eigenvalue weighted by molar-refractivity contribution is -0.496. The summed E-state index contributed by atoms with van der Waals surface area (Å²) in [7, 11) is 0. The molecule has 0 aliphatic rings. The zero-order valence-electron chi connectivity index (χ0n) is 6.86. The van der Waals surface area contributed by atoms with Gasteiger partial charge in [-0.15, -0.1) is 0 Å². The van der Waals surface area contributed by atoms with E-state index >= 15 is 0 Å². The normalized spacial score (nSPS) is 10.5. The van der Waals surface area contributed by atoms with E-state index in [0.29, 0.717) is 0 Å². The molecule has 13 heavy (non-hydrogen) atoms. The number of fused-ring (bicyclic) bond motifs is 1. The molecule has 0 bridgehead atoms. The summed E-state index contributed by atoms with van der Waals surface area (Å²) in [5.74, 6) is 0. The van der Waals surface area contributed by atoms with Crippen molar-refractivity contribution < 1.29 is 4.92 Å². The number of hydrogen-bond donors (Lipinski definition) is 1. The molecule has 0 unspecified atom stereocenters. The van der Waals surface area contributed by atoms with Crippen LogP contribution in [0, 0.1) is 10.1 Å². The molecule has 0 spiro atoms. The summed E-state index contributed by atoms with van der Waals surface area (Å²) in [6, 6.07) is 7.40. The molecule has 1 aromatic heterocycles. The van der Waals surface area contributed by atoms with Gasteiger partial charge in [0.2, 0.25) is 6.54 Å². The van der Waals surface area contributed by atoms with Gasteiger partial charge in [0.05, 0.1) is 0 Å². The zero-order chi connectivity index (χ0) is 9.26. The van der Waals surface area contributed by atoms with Crippen LogP contribution in [0.2, 0.25) is 0 Å². The first-order chi connectivity index (χ1) is 6.25. The number of nitrogens with zero attached hydrogens (tertiary/aromatic N) is 1. The van der Waals surface area contributed by atoms with Crippen molar-refractivity contribution >= 4 is 10.9 Å². The van der Waals surface area contributed by atoms with Crippen LogP contribution in [-0.4, -0.2) is 9.91 Å². The minimum atomic E-state index is -0.329. The first-order valence-electron chi connectivity index (χ1n) is 3.93. The highest BCUT2D eigenvalue weighted by Crippen LogP contribution is 2.14. The summed E-state index contributed by atoms with van der Waals surface area (Å²) >= 11 is 0. The number of H-pyrrole nitrogens is 1. The van der Waals surface area contributed by atoms with Crippen LogP contribution in [0.5, 0.6) is 0 Å². The summed E-state index contributed by atoms with van der Waals surface area (Å²) < 4.78 is 0. The van der Waals surface area contributed by atoms with Gasteiger partial charge in [-0.3, -0.25) is 10.1 Å². The van der Waals surface area contributed by atoms with E-state index in [4.69, 9.17) is 0 Å². The van der Waals surface area contributed by atoms with Gasteiger partial charge in [-0.25, -0.2) is 0 Å². The average molecular weight is 176 g/mol. The van der Waals surface area contributed by atoms with E-state index in [-0.39, 0.29) is 11.5 Å². The lowest BCUT2D eigenvalue weighted by Crippen LogP contribution is -1.97. The summed E-state index contributed by atoms with van der Waals surface area (Å²) in [6.45, 7) is -0.116. The molecule has 2 rings (SSSR count). The Morgan fingerprint density at radius 2 is 2.23 bits per heavy atom. The highest BCUT2D eigenvalue weighted by Gasteiger charge is 2.02. The minimum absolute atomic E-state index is 0.116. The first kappa shape index (κ1) is 7.79. The lowest BCUT2D eigenvalue weighted by atomic mass is 10.2. The molecule has 0 aliphatic carbocycles. The standard InChI is InChI=1S/C9H8N2O2/c12-11(13)6-7-1-2-8-3-4-10-9(8)5-7/h1-5,10H,6H2. The first-order valence-corrected chi connectivity index (χ1v) is 3.93. The average Bonchev–Trinajstić information content (AvgIpc) is 2.49. The van der Waals surface area contributed by atoms with Crippen LogP contribution in [0.25, 0.3) is 10.9 Å². The monoisotopic (exact) mass is 176 g/mol. The Hall–Kier alpha value is -1.84. The number of hydrogen-bond acceptors (Lipinski definition) is 2. The summed E-state index contributed by atoms with van der Waals surface area (Å²) in [5, 5.41) is 11.3. The second kappa shape index (κ2) is 2.90. The fourth-order valence-electron chi connectivity index (χ4n) is 1.34. The van der Waals surface area contributed by atoms with E-state index in [1.165, 1.54) is 0 Å². The van der Waals surface area contributed by atoms with Crippen LogP contribution < -0.4 is 0 Å². The molecule has 1 N–H and O–H groups in total. The Morgan fingerprint density at radius 1 is 1.38 bits per heavy atom. The van der Waals surface area contributed by atoms with Crippen LogP contribution in [0.4, 0.5) is 0 Å². The van der Waals surface area contributed by atoms with Gasteiger partial charge in [0.25, 0.3) is 0 Å². The van der Waals surface area contributed by atoms with E-state index in [1.807, 2.05) is 18.3 Å². The number of nitro groups is 1. The zero-order valence-corrected chi connectivity index (χ0v) is 6.86. The van der Waals surface area contributed by atoms with Crippen molar-refractivity contribution in [3.05, 3.63) is 46.1 Å². The number of aromatic amines is 1. The van der Waals surface area contributed by atoms with E-state index in [9.17, 15) is 10.1 Å². The third-order valence-electron chi connectivity index (χ3n) is 1.93. The van der Waals surface area contributed by atoms with Crippen LogP contribution in [0.1, 0.15) is 5.56 Å². The fourth-order valence-corrected chi connectivity index (χ4v) is 1.34. The van der Waals surface area contributed by atoms with Gasteiger partial charge < -0.3 is 4.98 Å². The molecule has 2 aromatic rings. The van der Waals surface area contributed by atoms with Gasteiger partial charge in [0.1, 0.15) is 0 Å². The smallest absolute Gasteiger partial charge is 0.229 e. The van der Waals surface area contributed by atoms with E-state index in [2.05, 4.69) is 4.98 Å². The quantitative estimate of drug-likeness (QED) is 0.561. The van der Waals surface area contributed by atoms with Crippen LogP contribution >= 0.6 is 0 Å². The van der Waals surface area contributed by atoms with Gasteiger partial charge in [0, 0.05) is 22.2 Å². The van der Waals surface area contributed by atoms with Crippen molar-refractivity contribution in [2.24, 2.45) is 0 Å². The molecule has 0 fully saturated rings. The van der Waals surface area contributed by atoms with E-state index < -0.39 is 0 Å². The van der Waals surface area contributed by atoms with Crippen molar-refractivity contribution in [3.8, 4) is 0 Å². The molecule has 0 atom stereocenters. The predicted molar refractivity (Wildman–Crippen MR) is 49.0 cm³/mol. The van der Waals surface area contributed by atoms with Gasteiger partial charge in [-0.05, 0) is 17.5 Å². The summed E-state index contributed by atoms with van der Waals surface area (Å²) in [4.78, 5) is 12.9. The number of aromatic nitrogens is 1. The minimum Gasteiger partial charge on any atom is -0.361 e. The van der Waals surface area contributed by atoms with Crippen LogP contribution in [0.3, 0.4) is 0 Å². The molecule has 4 nitrogen and oxygen atoms in total. The summed E-state index contributed by atoms with van der Waals surface area (Å²) in [6.07, 6.45) is 1.82. The molecule has 0 aliphatic heterocycles. The molecule has 4 heteroatoms. The Kier molecular flexibility index (Phi) is 1.73. The van der Waals surface area contributed by atoms with Crippen LogP contribution in [0.15, 0.2) is 30.5 Å². The fraction of sp³-hybridized carbons (Fsp3) is 0.111. The van der Waals surface area contributed by atoms with Crippen molar-refractivity contribution in [3.63, 3.8) is 0 Å². The van der Waals surface area contributed by atoms with Gasteiger partial charge in [-0.1, -0.05) is 12.1 Å². The predicted octanol–water partition coefficient (Wildman–Crippen LogP) is 1.94. The number of nitrogens with one attached hydrogen (secondary N) is 1. The van der Waals surface area contributed by atoms with Crippen molar-refractivity contribution in [2.75, 3.05) is 0 Å². The van der Waals surface area contributed by atoms with Crippen molar-refractivity contribution in [2.45, 2.75) is 6.54 Å². The topological polar surface area (TPSA) is 58.9 Å². The van der Waals surface area contributed by atoms with Crippen molar-refractivity contribution in [1.29, 1.82) is 0 Å². The maximum Gasteiger partial charge on any atom is 0.229 e. The molecular weight excluding hydrogens is 168 g/mol. The van der Waals surface area contributed by atoms with Crippen molar-refractivity contribution in [1.82, 2.24) is 4.98 Å². The highest BCUT2D eigenvalue weighted by atomic mass is 16.6. The Morgan fingerprint density at radius 3 is 3.00 bits per heavy atom. The van der Waals surface area contributed by atoms with E-state index in [0.717, 1.165) is 16.5 Å². The Labute approximate surface area is 74.3 Å².